The number of ether oxygens (including phenoxy) is 2. The maximum absolute atomic E-state index is 5.88. The van der Waals surface area contributed by atoms with Gasteiger partial charge in [-0.1, -0.05) is 39.7 Å². The normalized spacial score (nSPS) is 10.5. The Morgan fingerprint density at radius 2 is 1.82 bits per heavy atom. The van der Waals surface area contributed by atoms with Crippen LogP contribution in [0.5, 0.6) is 11.5 Å². The number of hydrogen-bond donors (Lipinski definition) is 1. The zero-order valence-corrected chi connectivity index (χ0v) is 15.0. The topological polar surface area (TPSA) is 30.5 Å². The van der Waals surface area contributed by atoms with Crippen LogP contribution in [0.1, 0.15) is 11.1 Å². The molecule has 0 radical (unpaired) electrons. The van der Waals surface area contributed by atoms with E-state index in [4.69, 9.17) is 21.1 Å². The highest BCUT2D eigenvalue weighted by Crippen LogP contribution is 2.34. The van der Waals surface area contributed by atoms with Crippen LogP contribution >= 0.6 is 27.5 Å². The molecule has 3 nitrogen and oxygen atoms in total. The summed E-state index contributed by atoms with van der Waals surface area (Å²) in [7, 11) is 3.30. The van der Waals surface area contributed by atoms with Gasteiger partial charge < -0.3 is 14.8 Å². The van der Waals surface area contributed by atoms with Crippen molar-refractivity contribution < 1.29 is 9.47 Å². The van der Waals surface area contributed by atoms with Crippen molar-refractivity contribution in [3.05, 3.63) is 57.0 Å². The van der Waals surface area contributed by atoms with Crippen LogP contribution in [0.3, 0.4) is 0 Å². The lowest BCUT2D eigenvalue weighted by Gasteiger charge is -2.14. The molecule has 0 unspecified atom stereocenters. The molecule has 118 valence electrons. The van der Waals surface area contributed by atoms with E-state index in [2.05, 4.69) is 21.2 Å². The predicted octanol–water partition coefficient (Wildman–Crippen LogP) is 4.45. The summed E-state index contributed by atoms with van der Waals surface area (Å²) in [5.41, 5.74) is 2.32. The number of benzene rings is 2. The van der Waals surface area contributed by atoms with E-state index in [0.717, 1.165) is 39.5 Å². The van der Waals surface area contributed by atoms with Crippen molar-refractivity contribution in [3.8, 4) is 11.5 Å². The first-order valence-corrected chi connectivity index (χ1v) is 8.16. The van der Waals surface area contributed by atoms with E-state index < -0.39 is 0 Å². The first kappa shape index (κ1) is 17.1. The average molecular weight is 385 g/mol. The summed E-state index contributed by atoms with van der Waals surface area (Å²) in [5.74, 6) is 1.50. The zero-order chi connectivity index (χ0) is 15.9. The Hall–Kier alpha value is -1.23. The summed E-state index contributed by atoms with van der Waals surface area (Å²) in [4.78, 5) is 0. The molecule has 2 rings (SSSR count). The van der Waals surface area contributed by atoms with Crippen LogP contribution in [0, 0.1) is 0 Å². The van der Waals surface area contributed by atoms with Crippen LogP contribution in [-0.4, -0.2) is 20.8 Å². The van der Waals surface area contributed by atoms with Gasteiger partial charge in [-0.25, -0.2) is 0 Å². The average Bonchev–Trinajstić information content (AvgIpc) is 2.52. The van der Waals surface area contributed by atoms with E-state index in [1.165, 1.54) is 5.56 Å². The van der Waals surface area contributed by atoms with Crippen molar-refractivity contribution in [1.29, 1.82) is 0 Å². The fraction of sp³-hybridized carbons (Fsp3) is 0.294. The highest BCUT2D eigenvalue weighted by molar-refractivity contribution is 9.10. The SMILES string of the molecule is COc1cc(Br)cc(CNCCc2ccc(Cl)cc2)c1OC. The van der Waals surface area contributed by atoms with E-state index in [9.17, 15) is 0 Å². The van der Waals surface area contributed by atoms with Gasteiger partial charge in [-0.05, 0) is 42.8 Å². The Labute approximate surface area is 144 Å². The molecule has 0 aliphatic rings. The van der Waals surface area contributed by atoms with E-state index in [1.807, 2.05) is 36.4 Å². The Morgan fingerprint density at radius 1 is 1.09 bits per heavy atom. The molecule has 0 atom stereocenters. The zero-order valence-electron chi connectivity index (χ0n) is 12.7. The summed E-state index contributed by atoms with van der Waals surface area (Å²) in [6, 6.07) is 11.9. The van der Waals surface area contributed by atoms with Gasteiger partial charge in [-0.15, -0.1) is 0 Å². The number of rotatable bonds is 7. The number of halogens is 2. The lowest BCUT2D eigenvalue weighted by atomic mass is 10.1. The molecule has 0 heterocycles. The van der Waals surface area contributed by atoms with Crippen molar-refractivity contribution in [3.63, 3.8) is 0 Å². The van der Waals surface area contributed by atoms with Crippen LogP contribution in [0.25, 0.3) is 0 Å². The number of methoxy groups -OCH3 is 2. The summed E-state index contributed by atoms with van der Waals surface area (Å²) in [5, 5.41) is 4.20. The molecule has 0 aliphatic heterocycles. The molecule has 0 aliphatic carbocycles. The second-order valence-corrected chi connectivity index (χ2v) is 6.21. The molecular weight excluding hydrogens is 366 g/mol. The van der Waals surface area contributed by atoms with Gasteiger partial charge in [0.1, 0.15) is 0 Å². The maximum Gasteiger partial charge on any atom is 0.165 e. The molecule has 0 spiro atoms. The maximum atomic E-state index is 5.88. The Morgan fingerprint density at radius 3 is 2.45 bits per heavy atom. The standard InChI is InChI=1S/C17H19BrClNO2/c1-21-16-10-14(18)9-13(17(16)22-2)11-20-8-7-12-3-5-15(19)6-4-12/h3-6,9-10,20H,7-8,11H2,1-2H3. The van der Waals surface area contributed by atoms with Gasteiger partial charge in [0.25, 0.3) is 0 Å². The molecule has 0 aromatic heterocycles. The monoisotopic (exact) mass is 383 g/mol. The van der Waals surface area contributed by atoms with Gasteiger partial charge in [-0.2, -0.15) is 0 Å². The molecule has 0 amide bonds. The molecule has 2 aromatic rings. The minimum absolute atomic E-state index is 0.715. The Balaban J connectivity index is 1.94. The van der Waals surface area contributed by atoms with Crippen LogP contribution in [-0.2, 0) is 13.0 Å². The third-order valence-corrected chi connectivity index (χ3v) is 4.05. The smallest absolute Gasteiger partial charge is 0.165 e. The van der Waals surface area contributed by atoms with Gasteiger partial charge in [0.05, 0.1) is 14.2 Å². The van der Waals surface area contributed by atoms with Crippen molar-refractivity contribution in [2.45, 2.75) is 13.0 Å². The molecule has 5 heteroatoms. The van der Waals surface area contributed by atoms with Crippen LogP contribution in [0.2, 0.25) is 5.02 Å². The van der Waals surface area contributed by atoms with Crippen LogP contribution in [0.4, 0.5) is 0 Å². The quantitative estimate of drug-likeness (QED) is 0.715. The summed E-state index contributed by atoms with van der Waals surface area (Å²) in [6.07, 6.45) is 0.949. The summed E-state index contributed by atoms with van der Waals surface area (Å²) in [6.45, 7) is 1.59. The fourth-order valence-electron chi connectivity index (χ4n) is 2.24. The predicted molar refractivity (Wildman–Crippen MR) is 94.1 cm³/mol. The van der Waals surface area contributed by atoms with E-state index in [1.54, 1.807) is 14.2 Å². The lowest BCUT2D eigenvalue weighted by Crippen LogP contribution is -2.17. The van der Waals surface area contributed by atoms with Gasteiger partial charge in [0, 0.05) is 21.6 Å². The third kappa shape index (κ3) is 4.63. The second-order valence-electron chi connectivity index (χ2n) is 4.85. The first-order valence-electron chi connectivity index (χ1n) is 6.99. The minimum Gasteiger partial charge on any atom is -0.493 e. The van der Waals surface area contributed by atoms with Crippen molar-refractivity contribution in [2.24, 2.45) is 0 Å². The van der Waals surface area contributed by atoms with Gasteiger partial charge in [0.2, 0.25) is 0 Å². The molecule has 0 saturated heterocycles. The molecule has 2 aromatic carbocycles. The van der Waals surface area contributed by atoms with Crippen LogP contribution in [0.15, 0.2) is 40.9 Å². The molecule has 0 saturated carbocycles. The highest BCUT2D eigenvalue weighted by atomic mass is 79.9. The Kier molecular flexibility index (Phi) is 6.55. The van der Waals surface area contributed by atoms with Crippen LogP contribution < -0.4 is 14.8 Å². The Bertz CT molecular complexity index is 617. The molecule has 1 N–H and O–H groups in total. The minimum atomic E-state index is 0.715. The highest BCUT2D eigenvalue weighted by Gasteiger charge is 2.11. The second kappa shape index (κ2) is 8.42. The summed E-state index contributed by atoms with van der Waals surface area (Å²) < 4.78 is 11.8. The number of nitrogens with one attached hydrogen (secondary N) is 1. The third-order valence-electron chi connectivity index (χ3n) is 3.34. The van der Waals surface area contributed by atoms with E-state index in [0.29, 0.717) is 6.54 Å². The fourth-order valence-corrected chi connectivity index (χ4v) is 2.85. The van der Waals surface area contributed by atoms with E-state index in [-0.39, 0.29) is 0 Å². The van der Waals surface area contributed by atoms with Crippen molar-refractivity contribution in [1.82, 2.24) is 5.32 Å². The van der Waals surface area contributed by atoms with Gasteiger partial charge in [-0.3, -0.25) is 0 Å². The summed E-state index contributed by atoms with van der Waals surface area (Å²) >= 11 is 9.38. The van der Waals surface area contributed by atoms with Crippen molar-refractivity contribution in [2.75, 3.05) is 20.8 Å². The molecule has 22 heavy (non-hydrogen) atoms. The first-order chi connectivity index (χ1) is 10.6. The largest absolute Gasteiger partial charge is 0.493 e. The van der Waals surface area contributed by atoms with Gasteiger partial charge in [0.15, 0.2) is 11.5 Å². The molecule has 0 bridgehead atoms. The lowest BCUT2D eigenvalue weighted by molar-refractivity contribution is 0.350. The molecular formula is C17H19BrClNO2. The van der Waals surface area contributed by atoms with E-state index >= 15 is 0 Å². The number of hydrogen-bond acceptors (Lipinski definition) is 3. The van der Waals surface area contributed by atoms with Gasteiger partial charge >= 0.3 is 0 Å². The molecule has 0 fully saturated rings. The van der Waals surface area contributed by atoms with Crippen molar-refractivity contribution >= 4 is 27.5 Å².